The molecule has 2 heterocycles. The van der Waals surface area contributed by atoms with Crippen LogP contribution in [0.15, 0.2) is 54.6 Å². The highest BCUT2D eigenvalue weighted by molar-refractivity contribution is 6.31. The fourth-order valence-corrected chi connectivity index (χ4v) is 3.90. The first-order valence-corrected chi connectivity index (χ1v) is 9.75. The van der Waals surface area contributed by atoms with Gasteiger partial charge < -0.3 is 14.6 Å². The van der Waals surface area contributed by atoms with Gasteiger partial charge in [0, 0.05) is 35.2 Å². The molecule has 0 spiro atoms. The molecule has 1 saturated heterocycles. The summed E-state index contributed by atoms with van der Waals surface area (Å²) in [6, 6.07) is 18.1. The average Bonchev–Trinajstić information content (AvgIpc) is 3.14. The number of piperidine rings is 1. The fraction of sp³-hybridized carbons (Fsp3) is 0.318. The van der Waals surface area contributed by atoms with Crippen molar-refractivity contribution in [2.45, 2.75) is 25.4 Å². The van der Waals surface area contributed by atoms with Crippen molar-refractivity contribution in [3.63, 3.8) is 0 Å². The lowest BCUT2D eigenvalue weighted by molar-refractivity contribution is -0.137. The van der Waals surface area contributed by atoms with Crippen LogP contribution in [-0.2, 0) is 16.1 Å². The monoisotopic (exact) mass is 382 g/mol. The topological polar surface area (TPSA) is 45.3 Å². The van der Waals surface area contributed by atoms with Crippen LogP contribution in [0, 0.1) is 0 Å². The number of halogens is 1. The minimum atomic E-state index is 0.0529. The van der Waals surface area contributed by atoms with Crippen LogP contribution in [-0.4, -0.2) is 35.5 Å². The summed E-state index contributed by atoms with van der Waals surface area (Å²) in [7, 11) is 0. The van der Waals surface area contributed by atoms with Crippen LogP contribution in [0.4, 0.5) is 0 Å². The Balaban J connectivity index is 1.27. The molecule has 0 unspecified atom stereocenters. The van der Waals surface area contributed by atoms with Gasteiger partial charge in [0.1, 0.15) is 6.61 Å². The quantitative estimate of drug-likeness (QED) is 0.692. The molecule has 0 bridgehead atoms. The van der Waals surface area contributed by atoms with Gasteiger partial charge in [-0.1, -0.05) is 48.0 Å². The lowest BCUT2D eigenvalue weighted by Gasteiger charge is -2.31. The SMILES string of the molecule is O=C(COCc1ccccc1Cl)N1CCC(c2cc3ccccc3[nH]2)CC1. The number of carbonyl (C=O) groups excluding carboxylic acids is 1. The van der Waals surface area contributed by atoms with Crippen molar-refractivity contribution in [2.24, 2.45) is 0 Å². The molecule has 4 rings (SSSR count). The number of fused-ring (bicyclic) bond motifs is 1. The summed E-state index contributed by atoms with van der Waals surface area (Å²) < 4.78 is 5.59. The number of rotatable bonds is 5. The van der Waals surface area contributed by atoms with Gasteiger partial charge in [-0.2, -0.15) is 0 Å². The number of aromatic nitrogens is 1. The first-order valence-electron chi connectivity index (χ1n) is 9.37. The van der Waals surface area contributed by atoms with Crippen molar-refractivity contribution in [2.75, 3.05) is 19.7 Å². The predicted octanol–water partition coefficient (Wildman–Crippen LogP) is 4.74. The molecule has 1 amide bonds. The van der Waals surface area contributed by atoms with E-state index in [0.29, 0.717) is 17.5 Å². The first-order chi connectivity index (χ1) is 13.2. The third-order valence-corrected chi connectivity index (χ3v) is 5.65. The number of likely N-dealkylation sites (tertiary alicyclic amines) is 1. The van der Waals surface area contributed by atoms with Crippen molar-refractivity contribution >= 4 is 28.4 Å². The van der Waals surface area contributed by atoms with Crippen molar-refractivity contribution in [3.05, 3.63) is 70.9 Å². The predicted molar refractivity (Wildman–Crippen MR) is 108 cm³/mol. The van der Waals surface area contributed by atoms with E-state index in [0.717, 1.165) is 31.5 Å². The Hall–Kier alpha value is -2.30. The Labute approximate surface area is 164 Å². The molecule has 1 aliphatic rings. The summed E-state index contributed by atoms with van der Waals surface area (Å²) in [5.74, 6) is 0.530. The summed E-state index contributed by atoms with van der Waals surface area (Å²) in [4.78, 5) is 17.9. The molecule has 1 aliphatic heterocycles. The number of para-hydroxylation sites is 1. The minimum absolute atomic E-state index is 0.0529. The van der Waals surface area contributed by atoms with Crippen LogP contribution in [0.5, 0.6) is 0 Å². The summed E-state index contributed by atoms with van der Waals surface area (Å²) in [6.07, 6.45) is 1.95. The number of benzene rings is 2. The van der Waals surface area contributed by atoms with E-state index in [1.807, 2.05) is 35.2 Å². The number of H-pyrrole nitrogens is 1. The van der Waals surface area contributed by atoms with Crippen LogP contribution in [0.25, 0.3) is 10.9 Å². The van der Waals surface area contributed by atoms with Crippen LogP contribution in [0.1, 0.15) is 30.0 Å². The number of nitrogens with zero attached hydrogens (tertiary/aromatic N) is 1. The summed E-state index contributed by atoms with van der Waals surface area (Å²) in [6.45, 7) is 2.00. The molecule has 1 N–H and O–H groups in total. The number of aromatic amines is 1. The van der Waals surface area contributed by atoms with E-state index in [1.54, 1.807) is 0 Å². The zero-order valence-corrected chi connectivity index (χ0v) is 15.9. The molecule has 2 aromatic carbocycles. The van der Waals surface area contributed by atoms with E-state index >= 15 is 0 Å². The summed E-state index contributed by atoms with van der Waals surface area (Å²) >= 11 is 6.11. The van der Waals surface area contributed by atoms with E-state index in [4.69, 9.17) is 16.3 Å². The maximum Gasteiger partial charge on any atom is 0.248 e. The zero-order chi connectivity index (χ0) is 18.6. The normalized spacial score (nSPS) is 15.4. The number of hydrogen-bond acceptors (Lipinski definition) is 2. The molecule has 0 atom stereocenters. The Morgan fingerprint density at radius 1 is 1.11 bits per heavy atom. The molecule has 1 fully saturated rings. The average molecular weight is 383 g/mol. The third-order valence-electron chi connectivity index (χ3n) is 5.28. The van der Waals surface area contributed by atoms with Gasteiger partial charge in [0.2, 0.25) is 5.91 Å². The molecule has 5 heteroatoms. The van der Waals surface area contributed by atoms with Crippen molar-refractivity contribution in [1.29, 1.82) is 0 Å². The zero-order valence-electron chi connectivity index (χ0n) is 15.2. The highest BCUT2D eigenvalue weighted by Gasteiger charge is 2.24. The Kier molecular flexibility index (Phi) is 5.46. The fourth-order valence-electron chi connectivity index (χ4n) is 3.71. The van der Waals surface area contributed by atoms with Gasteiger partial charge in [0.25, 0.3) is 0 Å². The number of hydrogen-bond donors (Lipinski definition) is 1. The molecule has 140 valence electrons. The number of ether oxygens (including phenoxy) is 1. The standard InChI is InChI=1S/C22H23ClN2O2/c23-19-7-3-1-6-18(19)14-27-15-22(26)25-11-9-16(10-12-25)21-13-17-5-2-4-8-20(17)24-21/h1-8,13,16,24H,9-12,14-15H2. The Bertz CT molecular complexity index is 896. The van der Waals surface area contributed by atoms with Gasteiger partial charge in [-0.15, -0.1) is 0 Å². The molecule has 27 heavy (non-hydrogen) atoms. The molecule has 0 aliphatic carbocycles. The highest BCUT2D eigenvalue weighted by Crippen LogP contribution is 2.30. The Morgan fingerprint density at radius 3 is 2.63 bits per heavy atom. The molecule has 3 aromatic rings. The number of carbonyl (C=O) groups is 1. The smallest absolute Gasteiger partial charge is 0.248 e. The lowest BCUT2D eigenvalue weighted by Crippen LogP contribution is -2.40. The van der Waals surface area contributed by atoms with E-state index in [2.05, 4.69) is 29.2 Å². The number of amides is 1. The van der Waals surface area contributed by atoms with Gasteiger partial charge >= 0.3 is 0 Å². The second-order valence-corrected chi connectivity index (χ2v) is 7.46. The highest BCUT2D eigenvalue weighted by atomic mass is 35.5. The first kappa shape index (κ1) is 18.1. The summed E-state index contributed by atoms with van der Waals surface area (Å²) in [5.41, 5.74) is 3.36. The second kappa shape index (κ2) is 8.15. The van der Waals surface area contributed by atoms with Crippen molar-refractivity contribution in [1.82, 2.24) is 9.88 Å². The minimum Gasteiger partial charge on any atom is -0.367 e. The summed E-state index contributed by atoms with van der Waals surface area (Å²) in [5, 5.41) is 1.92. The third kappa shape index (κ3) is 4.18. The molecule has 4 nitrogen and oxygen atoms in total. The molecular formula is C22H23ClN2O2. The van der Waals surface area contributed by atoms with Crippen LogP contribution in [0.2, 0.25) is 5.02 Å². The Morgan fingerprint density at radius 2 is 1.85 bits per heavy atom. The molecular weight excluding hydrogens is 360 g/mol. The molecule has 0 saturated carbocycles. The van der Waals surface area contributed by atoms with Gasteiger partial charge in [-0.05, 0) is 42.0 Å². The molecule has 1 aromatic heterocycles. The van der Waals surface area contributed by atoms with Gasteiger partial charge in [0.15, 0.2) is 0 Å². The van der Waals surface area contributed by atoms with Crippen molar-refractivity contribution in [3.8, 4) is 0 Å². The van der Waals surface area contributed by atoms with E-state index in [9.17, 15) is 4.79 Å². The maximum absolute atomic E-state index is 12.4. The number of nitrogens with one attached hydrogen (secondary N) is 1. The lowest BCUT2D eigenvalue weighted by atomic mass is 9.93. The van der Waals surface area contributed by atoms with Gasteiger partial charge in [-0.25, -0.2) is 0 Å². The van der Waals surface area contributed by atoms with E-state index < -0.39 is 0 Å². The van der Waals surface area contributed by atoms with Gasteiger partial charge in [-0.3, -0.25) is 4.79 Å². The van der Waals surface area contributed by atoms with E-state index in [-0.39, 0.29) is 12.5 Å². The van der Waals surface area contributed by atoms with Crippen LogP contribution < -0.4 is 0 Å². The molecule has 0 radical (unpaired) electrons. The van der Waals surface area contributed by atoms with E-state index in [1.165, 1.54) is 16.6 Å². The maximum atomic E-state index is 12.4. The second-order valence-electron chi connectivity index (χ2n) is 7.05. The van der Waals surface area contributed by atoms with Gasteiger partial charge in [0.05, 0.1) is 6.61 Å². The largest absolute Gasteiger partial charge is 0.367 e. The van der Waals surface area contributed by atoms with Crippen LogP contribution >= 0.6 is 11.6 Å². The van der Waals surface area contributed by atoms with Crippen LogP contribution in [0.3, 0.4) is 0 Å². The van der Waals surface area contributed by atoms with Crippen molar-refractivity contribution < 1.29 is 9.53 Å².